The second-order valence-electron chi connectivity index (χ2n) is 7.20. The number of anilines is 1. The first-order chi connectivity index (χ1) is 16.7. The van der Waals surface area contributed by atoms with Crippen molar-refractivity contribution in [2.45, 2.75) is 17.6 Å². The minimum atomic E-state index is -4.62. The zero-order valence-corrected chi connectivity index (χ0v) is 19.3. The molecule has 2 aromatic carbocycles. The van der Waals surface area contributed by atoms with E-state index in [1.54, 1.807) is 39.6 Å². The molecule has 0 unspecified atom stereocenters. The molecule has 7 nitrogen and oxygen atoms in total. The highest BCUT2D eigenvalue weighted by atomic mass is 35.5. The van der Waals surface area contributed by atoms with Gasteiger partial charge < -0.3 is 9.40 Å². The predicted molar refractivity (Wildman–Crippen MR) is 125 cm³/mol. The van der Waals surface area contributed by atoms with Gasteiger partial charge in [-0.25, -0.2) is 14.5 Å². The number of hydrogen-bond donors (Lipinski definition) is 1. The second-order valence-corrected chi connectivity index (χ2v) is 8.44. The first-order valence-corrected chi connectivity index (χ1v) is 11.1. The van der Waals surface area contributed by atoms with Gasteiger partial charge in [0.1, 0.15) is 11.9 Å². The van der Waals surface area contributed by atoms with Gasteiger partial charge in [-0.2, -0.15) is 18.3 Å². The highest BCUT2D eigenvalue weighted by Gasteiger charge is 2.33. The molecule has 4 rings (SSSR count). The minimum absolute atomic E-state index is 0.0662. The lowest BCUT2D eigenvalue weighted by molar-refractivity contribution is -0.137. The van der Waals surface area contributed by atoms with Gasteiger partial charge in [0.2, 0.25) is 0 Å². The summed E-state index contributed by atoms with van der Waals surface area (Å²) in [5.74, 6) is -1.28. The van der Waals surface area contributed by atoms with Crippen molar-refractivity contribution in [3.63, 3.8) is 0 Å². The quantitative estimate of drug-likeness (QED) is 0.276. The molecule has 0 saturated heterocycles. The van der Waals surface area contributed by atoms with Crippen LogP contribution in [0.3, 0.4) is 0 Å². The average molecular weight is 521 g/mol. The van der Waals surface area contributed by atoms with Crippen LogP contribution in [0.15, 0.2) is 84.1 Å². The summed E-state index contributed by atoms with van der Waals surface area (Å²) in [4.78, 5) is 15.8. The van der Waals surface area contributed by atoms with Crippen LogP contribution in [0.2, 0.25) is 0 Å². The van der Waals surface area contributed by atoms with Gasteiger partial charge in [0, 0.05) is 29.6 Å². The van der Waals surface area contributed by atoms with Crippen LogP contribution in [0.25, 0.3) is 5.69 Å². The number of benzene rings is 2. The summed E-state index contributed by atoms with van der Waals surface area (Å²) in [5.41, 5.74) is 0.751. The van der Waals surface area contributed by atoms with E-state index in [0.29, 0.717) is 11.1 Å². The Balaban J connectivity index is 1.67. The van der Waals surface area contributed by atoms with Crippen LogP contribution in [0.5, 0.6) is 5.75 Å². The molecule has 1 N–H and O–H groups in total. The Morgan fingerprint density at radius 1 is 1.14 bits per heavy atom. The van der Waals surface area contributed by atoms with E-state index in [1.165, 1.54) is 12.1 Å². The predicted octanol–water partition coefficient (Wildman–Crippen LogP) is 6.23. The Hall–Kier alpha value is -3.70. The molecule has 0 aliphatic rings. The second kappa shape index (κ2) is 10.3. The SMILES string of the molecule is O=C(O)c1ccc(SN(Cc2ccc(-n3cccn3)cc2)c2ncc(C(F)(F)F)cc2OCl)cc1. The van der Waals surface area contributed by atoms with Gasteiger partial charge in [-0.05, 0) is 60.0 Å². The van der Waals surface area contributed by atoms with Gasteiger partial charge in [0.05, 0.1) is 23.4 Å². The lowest BCUT2D eigenvalue weighted by Gasteiger charge is -2.24. The fourth-order valence-electron chi connectivity index (χ4n) is 3.11. The van der Waals surface area contributed by atoms with Crippen LogP contribution in [-0.4, -0.2) is 25.8 Å². The molecule has 2 heterocycles. The van der Waals surface area contributed by atoms with Gasteiger partial charge in [-0.1, -0.05) is 12.1 Å². The van der Waals surface area contributed by atoms with E-state index >= 15 is 0 Å². The molecule has 35 heavy (non-hydrogen) atoms. The highest BCUT2D eigenvalue weighted by molar-refractivity contribution is 8.00. The zero-order chi connectivity index (χ0) is 25.0. The van der Waals surface area contributed by atoms with E-state index in [-0.39, 0.29) is 23.7 Å². The Morgan fingerprint density at radius 2 is 1.86 bits per heavy atom. The average Bonchev–Trinajstić information content (AvgIpc) is 3.38. The Bertz CT molecular complexity index is 1300. The zero-order valence-electron chi connectivity index (χ0n) is 17.7. The van der Waals surface area contributed by atoms with E-state index in [1.807, 2.05) is 24.3 Å². The maximum Gasteiger partial charge on any atom is 0.418 e. The molecule has 0 aliphatic heterocycles. The third kappa shape index (κ3) is 5.87. The molecule has 0 fully saturated rings. The molecule has 0 amide bonds. The van der Waals surface area contributed by atoms with E-state index in [2.05, 4.69) is 10.1 Å². The van der Waals surface area contributed by atoms with Crippen molar-refractivity contribution in [1.82, 2.24) is 14.8 Å². The van der Waals surface area contributed by atoms with Crippen molar-refractivity contribution >= 4 is 35.6 Å². The number of aromatic carboxylic acids is 1. The molecule has 4 aromatic rings. The summed E-state index contributed by atoms with van der Waals surface area (Å²) in [6, 6.07) is 16.0. The highest BCUT2D eigenvalue weighted by Crippen LogP contribution is 2.39. The molecule has 180 valence electrons. The van der Waals surface area contributed by atoms with Crippen molar-refractivity contribution in [2.75, 3.05) is 4.31 Å². The lowest BCUT2D eigenvalue weighted by Crippen LogP contribution is -2.17. The Kier molecular flexibility index (Phi) is 7.17. The first-order valence-electron chi connectivity index (χ1n) is 9.98. The summed E-state index contributed by atoms with van der Waals surface area (Å²) in [5, 5.41) is 13.3. The maximum atomic E-state index is 13.2. The number of alkyl halides is 3. The van der Waals surface area contributed by atoms with E-state index in [0.717, 1.165) is 29.3 Å². The van der Waals surface area contributed by atoms with E-state index in [4.69, 9.17) is 21.3 Å². The smallest absolute Gasteiger partial charge is 0.418 e. The number of carboxylic acids is 1. The standard InChI is InChI=1S/C23H16ClF3N4O3S/c24-34-20-12-17(23(25,26)27)13-28-21(20)31(35-19-8-4-16(5-9-19)22(32)33)14-15-2-6-18(7-3-15)30-11-1-10-29-30/h1-13H,14H2,(H,32,33). The molecule has 0 radical (unpaired) electrons. The number of carbonyl (C=O) groups is 1. The minimum Gasteiger partial charge on any atom is -0.478 e. The fourth-order valence-corrected chi connectivity index (χ4v) is 4.18. The van der Waals surface area contributed by atoms with E-state index in [9.17, 15) is 18.0 Å². The van der Waals surface area contributed by atoms with Gasteiger partial charge in [-0.3, -0.25) is 4.31 Å². The number of aromatic nitrogens is 3. The first kappa shape index (κ1) is 24.4. The van der Waals surface area contributed by atoms with E-state index < -0.39 is 17.7 Å². The number of carboxylic acid groups (broad SMARTS) is 1. The Morgan fingerprint density at radius 3 is 2.43 bits per heavy atom. The number of pyridine rings is 1. The van der Waals surface area contributed by atoms with Crippen molar-refractivity contribution in [3.8, 4) is 11.4 Å². The third-order valence-electron chi connectivity index (χ3n) is 4.83. The monoisotopic (exact) mass is 520 g/mol. The maximum absolute atomic E-state index is 13.2. The molecule has 0 bridgehead atoms. The van der Waals surface area contributed by atoms with Crippen LogP contribution in [-0.2, 0) is 12.7 Å². The van der Waals surface area contributed by atoms with Crippen LogP contribution in [0, 0.1) is 0 Å². The molecule has 0 spiro atoms. The van der Waals surface area contributed by atoms with Gasteiger partial charge in [0.25, 0.3) is 0 Å². The van der Waals surface area contributed by atoms with Crippen LogP contribution in [0.4, 0.5) is 19.0 Å². The summed E-state index contributed by atoms with van der Waals surface area (Å²) in [6.45, 7) is 0.219. The number of rotatable bonds is 8. The summed E-state index contributed by atoms with van der Waals surface area (Å²) in [7, 11) is 0. The summed E-state index contributed by atoms with van der Waals surface area (Å²) >= 11 is 6.66. The molecule has 2 aromatic heterocycles. The third-order valence-corrected chi connectivity index (χ3v) is 6.00. The van der Waals surface area contributed by atoms with Crippen LogP contribution < -0.4 is 8.59 Å². The fraction of sp³-hybridized carbons (Fsp3) is 0.0870. The lowest BCUT2D eigenvalue weighted by atomic mass is 10.2. The van der Waals surface area contributed by atoms with Crippen LogP contribution >= 0.6 is 23.8 Å². The molecule has 0 saturated carbocycles. The molecular weight excluding hydrogens is 505 g/mol. The normalized spacial score (nSPS) is 11.3. The van der Waals surface area contributed by atoms with Crippen molar-refractivity contribution in [3.05, 3.63) is 95.9 Å². The Labute approximate surface area is 207 Å². The van der Waals surface area contributed by atoms with Crippen molar-refractivity contribution < 1.29 is 27.4 Å². The topological polar surface area (TPSA) is 80.5 Å². The van der Waals surface area contributed by atoms with Crippen LogP contribution in [0.1, 0.15) is 21.5 Å². The van der Waals surface area contributed by atoms with Gasteiger partial charge >= 0.3 is 12.1 Å². The number of nitrogens with zero attached hydrogens (tertiary/aromatic N) is 4. The molecule has 0 aliphatic carbocycles. The van der Waals surface area contributed by atoms with Crippen molar-refractivity contribution in [1.29, 1.82) is 0 Å². The summed E-state index contributed by atoms with van der Waals surface area (Å²) < 4.78 is 47.5. The molecule has 12 heteroatoms. The number of halogens is 4. The van der Waals surface area contributed by atoms with Gasteiger partial charge in [0.15, 0.2) is 11.6 Å². The van der Waals surface area contributed by atoms with Crippen molar-refractivity contribution in [2.24, 2.45) is 0 Å². The molecule has 0 atom stereocenters. The largest absolute Gasteiger partial charge is 0.478 e. The summed E-state index contributed by atoms with van der Waals surface area (Å²) in [6.07, 6.45) is -0.459. The molecular formula is C23H16ClF3N4O3S. The number of hydrogen-bond acceptors (Lipinski definition) is 6. The van der Waals surface area contributed by atoms with Gasteiger partial charge in [-0.15, -0.1) is 0 Å².